The Morgan fingerprint density at radius 1 is 0.826 bits per heavy atom. The predicted octanol–water partition coefficient (Wildman–Crippen LogP) is 2.51. The number of hydrogen-bond acceptors (Lipinski definition) is 2. The fourth-order valence-corrected chi connectivity index (χ4v) is 7.18. The van der Waals surface area contributed by atoms with Gasteiger partial charge in [0.1, 0.15) is 5.75 Å². The van der Waals surface area contributed by atoms with Crippen molar-refractivity contribution >= 4 is 18.7 Å². The Morgan fingerprint density at radius 3 is 2.30 bits per heavy atom. The summed E-state index contributed by atoms with van der Waals surface area (Å²) in [5.74, 6) is 0.188. The molecule has 0 spiro atoms. The predicted molar refractivity (Wildman–Crippen MR) is 95.7 cm³/mol. The maximum Gasteiger partial charge on any atom is 0.261 e. The number of hydrogen-bond donors (Lipinski definition) is 2. The number of benzene rings is 3. The molecule has 1 heterocycles. The van der Waals surface area contributed by atoms with Gasteiger partial charge in [0.25, 0.3) is 8.32 Å². The zero-order valence-corrected chi connectivity index (χ0v) is 14.0. The molecule has 3 aromatic carbocycles. The van der Waals surface area contributed by atoms with Crippen LogP contribution in [0.1, 0.15) is 11.1 Å². The summed E-state index contributed by atoms with van der Waals surface area (Å²) in [5.41, 5.74) is 4.73. The highest BCUT2D eigenvalue weighted by Crippen LogP contribution is 2.34. The zero-order valence-electron chi connectivity index (χ0n) is 13.0. The van der Waals surface area contributed by atoms with E-state index < -0.39 is 8.32 Å². The summed E-state index contributed by atoms with van der Waals surface area (Å²) < 4.78 is 0. The van der Waals surface area contributed by atoms with Crippen LogP contribution in [-0.4, -0.2) is 18.2 Å². The van der Waals surface area contributed by atoms with Gasteiger partial charge < -0.3 is 9.90 Å². The van der Waals surface area contributed by atoms with Crippen LogP contribution in [0.2, 0.25) is 0 Å². The fourth-order valence-electron chi connectivity index (χ4n) is 3.76. The second-order valence-corrected chi connectivity index (χ2v) is 9.36. The van der Waals surface area contributed by atoms with Gasteiger partial charge in [-0.2, -0.15) is 0 Å². The Kier molecular flexibility index (Phi) is 3.15. The summed E-state index contributed by atoms with van der Waals surface area (Å²) in [5, 5.41) is 12.0. The SMILES string of the molecule is Cc1cccc2c1-c1ccccc1[Si@@](O)(c1ccccc1O)C2. The van der Waals surface area contributed by atoms with E-state index in [4.69, 9.17) is 0 Å². The third-order valence-electron chi connectivity index (χ3n) is 4.80. The molecule has 0 amide bonds. The van der Waals surface area contributed by atoms with Crippen molar-refractivity contribution < 1.29 is 9.90 Å². The van der Waals surface area contributed by atoms with Crippen LogP contribution in [0.25, 0.3) is 11.1 Å². The van der Waals surface area contributed by atoms with Crippen LogP contribution >= 0.6 is 0 Å². The fraction of sp³-hybridized carbons (Fsp3) is 0.100. The van der Waals surface area contributed by atoms with Gasteiger partial charge in [-0.1, -0.05) is 60.7 Å². The van der Waals surface area contributed by atoms with E-state index in [0.717, 1.165) is 10.8 Å². The minimum absolute atomic E-state index is 0.188. The summed E-state index contributed by atoms with van der Waals surface area (Å²) >= 11 is 0. The van der Waals surface area contributed by atoms with E-state index in [2.05, 4.69) is 25.1 Å². The van der Waals surface area contributed by atoms with Crippen molar-refractivity contribution in [2.75, 3.05) is 0 Å². The molecule has 114 valence electrons. The van der Waals surface area contributed by atoms with Crippen molar-refractivity contribution in [3.63, 3.8) is 0 Å². The first-order chi connectivity index (χ1) is 11.1. The van der Waals surface area contributed by atoms with E-state index >= 15 is 0 Å². The van der Waals surface area contributed by atoms with Crippen molar-refractivity contribution in [2.24, 2.45) is 0 Å². The third kappa shape index (κ3) is 2.05. The summed E-state index contributed by atoms with van der Waals surface area (Å²) in [6.45, 7) is 2.11. The first-order valence-corrected chi connectivity index (χ1v) is 9.96. The Morgan fingerprint density at radius 2 is 1.52 bits per heavy atom. The number of aromatic hydroxyl groups is 1. The quantitative estimate of drug-likeness (QED) is 0.677. The molecule has 0 saturated carbocycles. The van der Waals surface area contributed by atoms with E-state index in [1.165, 1.54) is 16.7 Å². The molecule has 2 nitrogen and oxygen atoms in total. The molecule has 0 aliphatic carbocycles. The van der Waals surface area contributed by atoms with E-state index in [9.17, 15) is 9.90 Å². The summed E-state index contributed by atoms with van der Waals surface area (Å²) in [6, 6.07) is 22.1. The molecular weight excluding hydrogens is 300 g/mol. The highest BCUT2D eigenvalue weighted by atomic mass is 28.4. The largest absolute Gasteiger partial charge is 0.508 e. The smallest absolute Gasteiger partial charge is 0.261 e. The van der Waals surface area contributed by atoms with Gasteiger partial charge in [0.05, 0.1) is 0 Å². The normalized spacial score (nSPS) is 19.0. The Balaban J connectivity index is 2.04. The molecular formula is C20H18O2Si. The van der Waals surface area contributed by atoms with Crippen molar-refractivity contribution in [1.29, 1.82) is 0 Å². The second kappa shape index (κ2) is 5.08. The van der Waals surface area contributed by atoms with Gasteiger partial charge in [0, 0.05) is 11.2 Å². The van der Waals surface area contributed by atoms with Crippen LogP contribution in [0.5, 0.6) is 5.75 Å². The molecule has 2 N–H and O–H groups in total. The number of phenolic OH excluding ortho intramolecular Hbond substituents is 1. The van der Waals surface area contributed by atoms with E-state index in [0.29, 0.717) is 11.2 Å². The number of rotatable bonds is 1. The van der Waals surface area contributed by atoms with Gasteiger partial charge in [0.15, 0.2) is 0 Å². The van der Waals surface area contributed by atoms with Gasteiger partial charge in [-0.25, -0.2) is 0 Å². The molecule has 3 heteroatoms. The van der Waals surface area contributed by atoms with Crippen LogP contribution in [0, 0.1) is 6.92 Å². The van der Waals surface area contributed by atoms with Gasteiger partial charge in [-0.3, -0.25) is 0 Å². The standard InChI is InChI=1S/C20H18O2Si/c1-14-7-6-8-15-13-23(22,19-12-5-3-10-17(19)21)18-11-4-2-9-16(18)20(14)15/h2-12,21-22H,13H2,1H3/t23-/m1/s1. The number of aryl methyl sites for hydroxylation is 1. The molecule has 0 fully saturated rings. The summed E-state index contributed by atoms with van der Waals surface area (Å²) in [6.07, 6.45) is 0. The van der Waals surface area contributed by atoms with Crippen LogP contribution in [0.15, 0.2) is 66.7 Å². The lowest BCUT2D eigenvalue weighted by atomic mass is 9.95. The van der Waals surface area contributed by atoms with Crippen molar-refractivity contribution in [1.82, 2.24) is 0 Å². The first-order valence-electron chi connectivity index (χ1n) is 7.80. The van der Waals surface area contributed by atoms with E-state index in [1.54, 1.807) is 12.1 Å². The molecule has 1 aliphatic rings. The summed E-state index contributed by atoms with van der Waals surface area (Å²) in [4.78, 5) is 11.7. The number of fused-ring (bicyclic) bond motifs is 3. The lowest BCUT2D eigenvalue weighted by Crippen LogP contribution is -2.62. The molecule has 1 atom stereocenters. The topological polar surface area (TPSA) is 40.5 Å². The van der Waals surface area contributed by atoms with Gasteiger partial charge in [-0.05, 0) is 40.4 Å². The molecule has 0 radical (unpaired) electrons. The van der Waals surface area contributed by atoms with Gasteiger partial charge in [-0.15, -0.1) is 0 Å². The average molecular weight is 318 g/mol. The summed E-state index contributed by atoms with van der Waals surface area (Å²) in [7, 11) is -3.00. The highest BCUT2D eigenvalue weighted by Gasteiger charge is 2.43. The molecule has 0 unspecified atom stereocenters. The first kappa shape index (κ1) is 14.2. The highest BCUT2D eigenvalue weighted by molar-refractivity contribution is 6.97. The molecule has 1 aliphatic heterocycles. The maximum atomic E-state index is 11.7. The second-order valence-electron chi connectivity index (χ2n) is 6.21. The average Bonchev–Trinajstić information content (AvgIpc) is 2.55. The maximum absolute atomic E-state index is 11.7. The van der Waals surface area contributed by atoms with Crippen molar-refractivity contribution in [3.05, 3.63) is 77.9 Å². The van der Waals surface area contributed by atoms with Crippen LogP contribution in [0.3, 0.4) is 0 Å². The number of para-hydroxylation sites is 1. The van der Waals surface area contributed by atoms with Gasteiger partial charge in [0.2, 0.25) is 0 Å². The van der Waals surface area contributed by atoms with E-state index in [1.807, 2.05) is 36.4 Å². The lowest BCUT2D eigenvalue weighted by Gasteiger charge is -2.34. The monoisotopic (exact) mass is 318 g/mol. The molecule has 23 heavy (non-hydrogen) atoms. The number of phenols is 1. The van der Waals surface area contributed by atoms with Crippen molar-refractivity contribution in [2.45, 2.75) is 13.0 Å². The Bertz CT molecular complexity index is 904. The molecule has 0 bridgehead atoms. The third-order valence-corrected chi connectivity index (χ3v) is 8.33. The lowest BCUT2D eigenvalue weighted by molar-refractivity contribution is 0.475. The van der Waals surface area contributed by atoms with E-state index in [-0.39, 0.29) is 5.75 Å². The molecule has 4 rings (SSSR count). The van der Waals surface area contributed by atoms with Crippen LogP contribution in [0.4, 0.5) is 0 Å². The van der Waals surface area contributed by atoms with Gasteiger partial charge >= 0.3 is 0 Å². The minimum Gasteiger partial charge on any atom is -0.508 e. The zero-order chi connectivity index (χ0) is 16.0. The van der Waals surface area contributed by atoms with Crippen LogP contribution in [-0.2, 0) is 6.04 Å². The minimum atomic E-state index is -3.00. The Labute approximate surface area is 136 Å². The Hall–Kier alpha value is -2.36. The van der Waals surface area contributed by atoms with Crippen molar-refractivity contribution in [3.8, 4) is 16.9 Å². The molecule has 0 saturated heterocycles. The molecule has 0 aromatic heterocycles. The molecule has 3 aromatic rings. The van der Waals surface area contributed by atoms with Crippen LogP contribution < -0.4 is 10.4 Å².